The van der Waals surface area contributed by atoms with E-state index < -0.39 is 0 Å². The van der Waals surface area contributed by atoms with E-state index >= 15 is 0 Å². The molecule has 19 heavy (non-hydrogen) atoms. The number of benzene rings is 1. The van der Waals surface area contributed by atoms with Gasteiger partial charge >= 0.3 is 0 Å². The van der Waals surface area contributed by atoms with Crippen LogP contribution in [-0.4, -0.2) is 24.5 Å². The van der Waals surface area contributed by atoms with Crippen molar-refractivity contribution in [3.05, 3.63) is 35.4 Å². The Hall–Kier alpha value is -0.860. The van der Waals surface area contributed by atoms with Crippen molar-refractivity contribution in [2.75, 3.05) is 19.6 Å². The van der Waals surface area contributed by atoms with Gasteiger partial charge in [-0.1, -0.05) is 51.5 Å². The van der Waals surface area contributed by atoms with Crippen LogP contribution in [0.15, 0.2) is 24.3 Å². The van der Waals surface area contributed by atoms with E-state index in [2.05, 4.69) is 55.3 Å². The molecule has 0 amide bonds. The molecule has 0 saturated carbocycles. The van der Waals surface area contributed by atoms with Gasteiger partial charge in [0.25, 0.3) is 0 Å². The topological polar surface area (TPSA) is 15.3 Å². The predicted molar refractivity (Wildman–Crippen MR) is 84.3 cm³/mol. The molecule has 1 aromatic rings. The second-order valence-corrected chi connectivity index (χ2v) is 5.17. The van der Waals surface area contributed by atoms with Crippen LogP contribution >= 0.6 is 0 Å². The Morgan fingerprint density at radius 3 is 2.37 bits per heavy atom. The minimum atomic E-state index is 0.995. The third-order valence-electron chi connectivity index (χ3n) is 3.53. The molecule has 1 aromatic carbocycles. The van der Waals surface area contributed by atoms with E-state index in [0.717, 1.165) is 26.2 Å². The summed E-state index contributed by atoms with van der Waals surface area (Å²) in [6.07, 6.45) is 3.76. The highest BCUT2D eigenvalue weighted by Crippen LogP contribution is 2.12. The Kier molecular flexibility index (Phi) is 8.52. The smallest absolute Gasteiger partial charge is 0.0236 e. The van der Waals surface area contributed by atoms with E-state index in [-0.39, 0.29) is 0 Å². The fraction of sp³-hybridized carbons (Fsp3) is 0.647. The van der Waals surface area contributed by atoms with E-state index in [1.54, 1.807) is 0 Å². The Morgan fingerprint density at radius 1 is 1.00 bits per heavy atom. The van der Waals surface area contributed by atoms with Crippen molar-refractivity contribution >= 4 is 0 Å². The van der Waals surface area contributed by atoms with Crippen molar-refractivity contribution in [3.63, 3.8) is 0 Å². The first-order valence-electron chi connectivity index (χ1n) is 7.81. The quantitative estimate of drug-likeness (QED) is 0.645. The highest BCUT2D eigenvalue weighted by Gasteiger charge is 2.06. The Labute approximate surface area is 119 Å². The van der Waals surface area contributed by atoms with E-state index in [4.69, 9.17) is 0 Å². The minimum Gasteiger partial charge on any atom is -0.313 e. The number of rotatable bonds is 10. The molecule has 2 heteroatoms. The summed E-state index contributed by atoms with van der Waals surface area (Å²) in [5.74, 6) is 0. The molecule has 2 nitrogen and oxygen atoms in total. The zero-order valence-electron chi connectivity index (χ0n) is 12.9. The highest BCUT2D eigenvalue weighted by molar-refractivity contribution is 5.27. The van der Waals surface area contributed by atoms with Crippen LogP contribution in [0.2, 0.25) is 0 Å². The van der Waals surface area contributed by atoms with Crippen molar-refractivity contribution < 1.29 is 0 Å². The lowest BCUT2D eigenvalue weighted by molar-refractivity contribution is 0.274. The maximum absolute atomic E-state index is 3.51. The van der Waals surface area contributed by atoms with Crippen LogP contribution in [0.25, 0.3) is 0 Å². The third-order valence-corrected chi connectivity index (χ3v) is 3.53. The fourth-order valence-electron chi connectivity index (χ4n) is 2.26. The first-order chi connectivity index (χ1) is 9.31. The van der Waals surface area contributed by atoms with Gasteiger partial charge in [0, 0.05) is 13.1 Å². The fourth-order valence-corrected chi connectivity index (χ4v) is 2.26. The van der Waals surface area contributed by atoms with E-state index in [0.29, 0.717) is 0 Å². The van der Waals surface area contributed by atoms with Crippen LogP contribution < -0.4 is 5.32 Å². The number of unbranched alkanes of at least 4 members (excludes halogenated alkanes) is 1. The molecule has 1 rings (SSSR count). The van der Waals surface area contributed by atoms with Gasteiger partial charge in [0.15, 0.2) is 0 Å². The largest absolute Gasteiger partial charge is 0.313 e. The lowest BCUT2D eigenvalue weighted by Crippen LogP contribution is -2.25. The normalized spacial score (nSPS) is 11.2. The van der Waals surface area contributed by atoms with Crippen molar-refractivity contribution in [1.29, 1.82) is 0 Å². The lowest BCUT2D eigenvalue weighted by Gasteiger charge is -2.22. The Balaban J connectivity index is 2.59. The molecule has 0 fully saturated rings. The Bertz CT molecular complexity index is 336. The third kappa shape index (κ3) is 6.22. The second-order valence-electron chi connectivity index (χ2n) is 5.17. The summed E-state index contributed by atoms with van der Waals surface area (Å²) in [5, 5.41) is 3.51. The summed E-state index contributed by atoms with van der Waals surface area (Å²) in [4.78, 5) is 2.54. The van der Waals surface area contributed by atoms with Gasteiger partial charge < -0.3 is 5.32 Å². The molecule has 0 saturated heterocycles. The lowest BCUT2D eigenvalue weighted by atomic mass is 10.1. The molecule has 0 aliphatic rings. The molecule has 0 aliphatic carbocycles. The van der Waals surface area contributed by atoms with E-state index in [1.165, 1.54) is 36.9 Å². The highest BCUT2D eigenvalue weighted by atomic mass is 15.1. The van der Waals surface area contributed by atoms with Gasteiger partial charge in [-0.25, -0.2) is 0 Å². The molecular weight excluding hydrogens is 232 g/mol. The van der Waals surface area contributed by atoms with Gasteiger partial charge in [-0.2, -0.15) is 0 Å². The van der Waals surface area contributed by atoms with Gasteiger partial charge in [-0.15, -0.1) is 0 Å². The second kappa shape index (κ2) is 9.99. The van der Waals surface area contributed by atoms with Gasteiger partial charge in [0.2, 0.25) is 0 Å². The van der Waals surface area contributed by atoms with Crippen molar-refractivity contribution in [2.24, 2.45) is 0 Å². The van der Waals surface area contributed by atoms with Gasteiger partial charge in [0.05, 0.1) is 0 Å². The van der Waals surface area contributed by atoms with Crippen molar-refractivity contribution in [1.82, 2.24) is 10.2 Å². The van der Waals surface area contributed by atoms with Gasteiger partial charge in [0.1, 0.15) is 0 Å². The number of nitrogens with one attached hydrogen (secondary N) is 1. The zero-order chi connectivity index (χ0) is 13.9. The minimum absolute atomic E-state index is 0.995. The summed E-state index contributed by atoms with van der Waals surface area (Å²) >= 11 is 0. The van der Waals surface area contributed by atoms with E-state index in [9.17, 15) is 0 Å². The molecule has 0 heterocycles. The van der Waals surface area contributed by atoms with Crippen molar-refractivity contribution in [2.45, 2.75) is 53.1 Å². The predicted octanol–water partition coefficient (Wildman–Crippen LogP) is 3.81. The van der Waals surface area contributed by atoms with Crippen molar-refractivity contribution in [3.8, 4) is 0 Å². The molecule has 0 atom stereocenters. The maximum Gasteiger partial charge on any atom is 0.0236 e. The Morgan fingerprint density at radius 2 is 1.74 bits per heavy atom. The monoisotopic (exact) mass is 262 g/mol. The molecule has 108 valence electrons. The van der Waals surface area contributed by atoms with Gasteiger partial charge in [-0.05, 0) is 43.6 Å². The first kappa shape index (κ1) is 16.2. The molecule has 0 unspecified atom stereocenters. The number of hydrogen-bond acceptors (Lipinski definition) is 2. The van der Waals surface area contributed by atoms with E-state index in [1.807, 2.05) is 0 Å². The molecule has 1 N–H and O–H groups in total. The molecule has 0 bridgehead atoms. The first-order valence-corrected chi connectivity index (χ1v) is 7.81. The van der Waals surface area contributed by atoms with Gasteiger partial charge in [-0.3, -0.25) is 4.90 Å². The van der Waals surface area contributed by atoms with Crippen LogP contribution in [-0.2, 0) is 13.1 Å². The summed E-state index contributed by atoms with van der Waals surface area (Å²) in [5.41, 5.74) is 2.93. The number of hydrogen-bond donors (Lipinski definition) is 1. The van der Waals surface area contributed by atoms with Crippen LogP contribution in [0, 0.1) is 0 Å². The van der Waals surface area contributed by atoms with Crippen LogP contribution in [0.3, 0.4) is 0 Å². The zero-order valence-corrected chi connectivity index (χ0v) is 12.9. The molecular formula is C17H30N2. The summed E-state index contributed by atoms with van der Waals surface area (Å²) < 4.78 is 0. The molecule has 0 aliphatic heterocycles. The van der Waals surface area contributed by atoms with Crippen LogP contribution in [0.5, 0.6) is 0 Å². The molecule has 0 aromatic heterocycles. The standard InChI is InChI=1S/C17H30N2/c1-4-7-13-19(6-3)15-17-11-9-8-10-16(17)14-18-12-5-2/h8-11,18H,4-7,12-15H2,1-3H3. The number of nitrogens with zero attached hydrogens (tertiary/aromatic N) is 1. The summed E-state index contributed by atoms with van der Waals surface area (Å²) in [6.45, 7) is 12.3. The average molecular weight is 262 g/mol. The average Bonchev–Trinajstić information content (AvgIpc) is 2.45. The molecule has 0 radical (unpaired) electrons. The summed E-state index contributed by atoms with van der Waals surface area (Å²) in [6, 6.07) is 8.84. The van der Waals surface area contributed by atoms with Crippen LogP contribution in [0.1, 0.15) is 51.2 Å². The van der Waals surface area contributed by atoms with Crippen LogP contribution in [0.4, 0.5) is 0 Å². The maximum atomic E-state index is 3.51. The molecule has 0 spiro atoms. The SMILES string of the molecule is CCCCN(CC)Cc1ccccc1CNCCC. The summed E-state index contributed by atoms with van der Waals surface area (Å²) in [7, 11) is 0.